The fraction of sp³-hybridized carbons (Fsp3) is 0.944. The molecule has 0 aliphatic heterocycles. The van der Waals surface area contributed by atoms with Crippen LogP contribution in [0, 0.1) is 11.3 Å². The highest BCUT2D eigenvalue weighted by molar-refractivity contribution is 5.82. The van der Waals surface area contributed by atoms with Crippen molar-refractivity contribution in [1.82, 2.24) is 10.2 Å². The molecule has 1 aliphatic carbocycles. The first-order valence-corrected chi connectivity index (χ1v) is 27.1. The Kier molecular flexibility index (Phi) is 38.7. The highest BCUT2D eigenvalue weighted by Gasteiger charge is 2.35. The molecule has 1 amide bonds. The number of carbonyl (C=O) groups excluding carboxylic acids is 3. The molecule has 1 fully saturated rings. The number of rotatable bonds is 45. The Bertz CT molecular complexity index is 989. The first-order valence-electron chi connectivity index (χ1n) is 27.1. The zero-order chi connectivity index (χ0) is 44.5. The van der Waals surface area contributed by atoms with Crippen LogP contribution < -0.4 is 5.32 Å². The summed E-state index contributed by atoms with van der Waals surface area (Å²) in [5.41, 5.74) is -0.165. The summed E-state index contributed by atoms with van der Waals surface area (Å²) in [6.45, 7) is 15.7. The van der Waals surface area contributed by atoms with Crippen molar-refractivity contribution in [3.8, 4) is 0 Å². The van der Waals surface area contributed by atoms with Crippen LogP contribution in [0.15, 0.2) is 0 Å². The molecule has 0 heterocycles. The predicted octanol–water partition coefficient (Wildman–Crippen LogP) is 15.4. The Labute approximate surface area is 379 Å². The maximum atomic E-state index is 12.9. The lowest BCUT2D eigenvalue weighted by Crippen LogP contribution is -2.38. The minimum atomic E-state index is -0.165. The van der Waals surface area contributed by atoms with Crippen molar-refractivity contribution in [3.05, 3.63) is 0 Å². The van der Waals surface area contributed by atoms with E-state index in [4.69, 9.17) is 9.47 Å². The fourth-order valence-electron chi connectivity index (χ4n) is 9.35. The van der Waals surface area contributed by atoms with E-state index in [9.17, 15) is 14.4 Å². The molecule has 7 nitrogen and oxygen atoms in total. The van der Waals surface area contributed by atoms with Crippen LogP contribution in [-0.2, 0) is 23.9 Å². The molecule has 1 N–H and O–H groups in total. The number of ether oxygens (including phenoxy) is 2. The summed E-state index contributed by atoms with van der Waals surface area (Å²) in [4.78, 5) is 40.8. The second-order valence-corrected chi connectivity index (χ2v) is 19.6. The van der Waals surface area contributed by atoms with Gasteiger partial charge in [-0.15, -0.1) is 0 Å². The van der Waals surface area contributed by atoms with Crippen molar-refractivity contribution < 1.29 is 23.9 Å². The molecular weight excluding hydrogens is 757 g/mol. The van der Waals surface area contributed by atoms with Crippen LogP contribution in [0.1, 0.15) is 279 Å². The van der Waals surface area contributed by atoms with Gasteiger partial charge in [-0.25, -0.2) is 0 Å². The predicted molar refractivity (Wildman–Crippen MR) is 260 cm³/mol. The van der Waals surface area contributed by atoms with Gasteiger partial charge in [-0.05, 0) is 103 Å². The van der Waals surface area contributed by atoms with Crippen molar-refractivity contribution in [2.24, 2.45) is 11.3 Å². The molecule has 0 unspecified atom stereocenters. The maximum absolute atomic E-state index is 12.9. The molecule has 0 atom stereocenters. The van der Waals surface area contributed by atoms with Crippen molar-refractivity contribution in [2.45, 2.75) is 285 Å². The fourth-order valence-corrected chi connectivity index (χ4v) is 9.35. The summed E-state index contributed by atoms with van der Waals surface area (Å²) >= 11 is 0. The summed E-state index contributed by atoms with van der Waals surface area (Å²) in [5, 5.41) is 3.26. The van der Waals surface area contributed by atoms with Crippen LogP contribution in [0.5, 0.6) is 0 Å². The van der Waals surface area contributed by atoms with E-state index in [1.807, 2.05) is 0 Å². The normalized spacial score (nSPS) is 13.8. The van der Waals surface area contributed by atoms with Gasteiger partial charge >= 0.3 is 11.9 Å². The Hall–Kier alpha value is -1.63. The summed E-state index contributed by atoms with van der Waals surface area (Å²) < 4.78 is 11.7. The average molecular weight is 861 g/mol. The molecule has 360 valence electrons. The monoisotopic (exact) mass is 861 g/mol. The molecule has 1 saturated carbocycles. The number of hydrogen-bond donors (Lipinski definition) is 1. The Balaban J connectivity index is 2.39. The number of carbonyl (C=O) groups is 3. The van der Waals surface area contributed by atoms with Gasteiger partial charge in [-0.3, -0.25) is 14.4 Å². The third-order valence-corrected chi connectivity index (χ3v) is 13.7. The zero-order valence-electron chi connectivity index (χ0n) is 41.5. The van der Waals surface area contributed by atoms with E-state index in [2.05, 4.69) is 44.8 Å². The molecule has 7 heteroatoms. The van der Waals surface area contributed by atoms with Gasteiger partial charge in [-0.1, -0.05) is 189 Å². The Morgan fingerprint density at radius 3 is 1.48 bits per heavy atom. The van der Waals surface area contributed by atoms with Gasteiger partial charge in [0.15, 0.2) is 0 Å². The minimum absolute atomic E-state index is 0.0175. The Morgan fingerprint density at radius 1 is 0.508 bits per heavy atom. The van der Waals surface area contributed by atoms with E-state index in [0.29, 0.717) is 25.4 Å². The number of unbranched alkanes of at least 4 members (excludes halogenated alkanes) is 20. The number of nitrogens with one attached hydrogen (secondary N) is 1. The minimum Gasteiger partial charge on any atom is -0.466 e. The lowest BCUT2D eigenvalue weighted by Gasteiger charge is -2.24. The van der Waals surface area contributed by atoms with Crippen LogP contribution in [0.4, 0.5) is 0 Å². The van der Waals surface area contributed by atoms with Gasteiger partial charge in [0, 0.05) is 24.8 Å². The van der Waals surface area contributed by atoms with Crippen LogP contribution in [0.25, 0.3) is 0 Å². The van der Waals surface area contributed by atoms with Crippen LogP contribution in [0.2, 0.25) is 0 Å². The van der Waals surface area contributed by atoms with Crippen LogP contribution in [0.3, 0.4) is 0 Å². The van der Waals surface area contributed by atoms with E-state index in [-0.39, 0.29) is 29.4 Å². The second kappa shape index (κ2) is 41.1. The standard InChI is InChI=1S/C54H104N2O5/c1-6-10-14-16-20-26-37-50(38-27-21-17-15-11-7-2)61-52(58)40-29-23-19-25-33-46-56(47-34-44-55-53(59)54(5)42-30-31-43-54)45-32-24-18-22-28-39-51(57)60-48-41-49(35-12-8-3)36-13-9-4/h49-50H,6-48H2,1-5H3,(H,55,59). The quantitative estimate of drug-likeness (QED) is 0.0485. The smallest absolute Gasteiger partial charge is 0.306 e. The molecule has 0 aromatic rings. The van der Waals surface area contributed by atoms with E-state index in [1.54, 1.807) is 0 Å². The summed E-state index contributed by atoms with van der Waals surface area (Å²) in [5.74, 6) is 0.951. The van der Waals surface area contributed by atoms with Gasteiger partial charge < -0.3 is 19.7 Å². The molecule has 1 rings (SSSR count). The Morgan fingerprint density at radius 2 is 0.951 bits per heavy atom. The molecule has 61 heavy (non-hydrogen) atoms. The molecule has 0 radical (unpaired) electrons. The number of hydrogen-bond acceptors (Lipinski definition) is 6. The van der Waals surface area contributed by atoms with Gasteiger partial charge in [0.05, 0.1) is 6.61 Å². The van der Waals surface area contributed by atoms with Crippen molar-refractivity contribution >= 4 is 17.8 Å². The third-order valence-electron chi connectivity index (χ3n) is 13.7. The van der Waals surface area contributed by atoms with Crippen molar-refractivity contribution in [2.75, 3.05) is 32.8 Å². The van der Waals surface area contributed by atoms with Gasteiger partial charge in [0.25, 0.3) is 0 Å². The number of esters is 2. The van der Waals surface area contributed by atoms with Crippen LogP contribution >= 0.6 is 0 Å². The van der Waals surface area contributed by atoms with Crippen molar-refractivity contribution in [3.63, 3.8) is 0 Å². The summed E-state index contributed by atoms with van der Waals surface area (Å²) in [6.07, 6.45) is 43.7. The molecular formula is C54H104N2O5. The molecule has 1 aliphatic rings. The molecule has 0 aromatic carbocycles. The lowest BCUT2D eigenvalue weighted by molar-refractivity contribution is -0.150. The van der Waals surface area contributed by atoms with Crippen LogP contribution in [-0.4, -0.2) is 61.6 Å². The van der Waals surface area contributed by atoms with E-state index < -0.39 is 0 Å². The van der Waals surface area contributed by atoms with Crippen molar-refractivity contribution in [1.29, 1.82) is 0 Å². The SMILES string of the molecule is CCCCCCCCC(CCCCCCCC)OC(=O)CCCCCCCN(CCCCCCCC(=O)OCCC(CCCC)CCCC)CCCNC(=O)C1(C)CCCC1. The van der Waals surface area contributed by atoms with Gasteiger partial charge in [0.2, 0.25) is 5.91 Å². The van der Waals surface area contributed by atoms with E-state index in [0.717, 1.165) is 103 Å². The maximum Gasteiger partial charge on any atom is 0.306 e. The first kappa shape index (κ1) is 57.4. The second-order valence-electron chi connectivity index (χ2n) is 19.6. The largest absolute Gasteiger partial charge is 0.466 e. The van der Waals surface area contributed by atoms with E-state index in [1.165, 1.54) is 154 Å². The average Bonchev–Trinajstić information content (AvgIpc) is 3.71. The highest BCUT2D eigenvalue weighted by Crippen LogP contribution is 2.37. The summed E-state index contributed by atoms with van der Waals surface area (Å²) in [7, 11) is 0. The highest BCUT2D eigenvalue weighted by atomic mass is 16.5. The van der Waals surface area contributed by atoms with Gasteiger partial charge in [-0.2, -0.15) is 0 Å². The lowest BCUT2D eigenvalue weighted by atomic mass is 9.88. The molecule has 0 spiro atoms. The number of nitrogens with zero attached hydrogens (tertiary/aromatic N) is 1. The zero-order valence-corrected chi connectivity index (χ0v) is 41.5. The summed E-state index contributed by atoms with van der Waals surface area (Å²) in [6, 6.07) is 0. The molecule has 0 saturated heterocycles. The first-order chi connectivity index (χ1) is 29.8. The third kappa shape index (κ3) is 33.5. The van der Waals surface area contributed by atoms with Gasteiger partial charge in [0.1, 0.15) is 6.10 Å². The molecule has 0 bridgehead atoms. The number of amides is 1. The topological polar surface area (TPSA) is 84.9 Å². The molecule has 0 aromatic heterocycles. The van der Waals surface area contributed by atoms with E-state index >= 15 is 0 Å².